The average Bonchev–Trinajstić information content (AvgIpc) is 3.04. The van der Waals surface area contributed by atoms with Gasteiger partial charge < -0.3 is 19.5 Å². The molecule has 0 aliphatic carbocycles. The number of ether oxygens (including phenoxy) is 3. The number of thiophene rings is 1. The number of hydrogen-bond acceptors (Lipinski definition) is 7. The van der Waals surface area contributed by atoms with Gasteiger partial charge in [-0.05, 0) is 70.7 Å². The summed E-state index contributed by atoms with van der Waals surface area (Å²) in [5.41, 5.74) is 2.85. The first-order chi connectivity index (χ1) is 15.1. The van der Waals surface area contributed by atoms with Gasteiger partial charge in [-0.25, -0.2) is 9.59 Å². The second kappa shape index (κ2) is 11.7. The molecule has 0 atom stereocenters. The molecule has 0 unspecified atom stereocenters. The third kappa shape index (κ3) is 6.56. The van der Waals surface area contributed by atoms with Gasteiger partial charge in [0.1, 0.15) is 15.6 Å². The minimum Gasteiger partial charge on any atom is -0.493 e. The van der Waals surface area contributed by atoms with Gasteiger partial charge in [0.05, 0.1) is 24.9 Å². The number of hydrogen-bond donors (Lipinski definition) is 1. The van der Waals surface area contributed by atoms with E-state index < -0.39 is 11.9 Å². The molecule has 174 valence electrons. The van der Waals surface area contributed by atoms with Gasteiger partial charge in [0.15, 0.2) is 0 Å². The summed E-state index contributed by atoms with van der Waals surface area (Å²) in [4.78, 5) is 37.7. The Hall–Kier alpha value is -2.87. The fraction of sp³-hybridized carbons (Fsp3) is 0.458. The number of aryl methyl sites for hydroxylation is 1. The van der Waals surface area contributed by atoms with Crippen LogP contribution in [0.5, 0.6) is 5.75 Å². The van der Waals surface area contributed by atoms with Crippen LogP contribution in [0.4, 0.5) is 5.00 Å². The van der Waals surface area contributed by atoms with Crippen molar-refractivity contribution in [3.63, 3.8) is 0 Å². The molecule has 8 heteroatoms. The lowest BCUT2D eigenvalue weighted by molar-refractivity contribution is -0.116. The molecule has 2 aromatic rings. The molecule has 0 fully saturated rings. The first-order valence-corrected chi connectivity index (χ1v) is 11.5. The third-order valence-corrected chi connectivity index (χ3v) is 5.96. The van der Waals surface area contributed by atoms with Crippen molar-refractivity contribution in [1.29, 1.82) is 0 Å². The van der Waals surface area contributed by atoms with Crippen LogP contribution in [0, 0.1) is 20.8 Å². The highest BCUT2D eigenvalue weighted by atomic mass is 32.1. The molecule has 1 N–H and O–H groups in total. The molecule has 1 heterocycles. The van der Waals surface area contributed by atoms with E-state index in [4.69, 9.17) is 14.2 Å². The maximum absolute atomic E-state index is 12.5. The van der Waals surface area contributed by atoms with Crippen molar-refractivity contribution in [3.8, 4) is 5.75 Å². The lowest BCUT2D eigenvalue weighted by atomic mass is 10.1. The Balaban J connectivity index is 2.05. The van der Waals surface area contributed by atoms with Gasteiger partial charge in [0.25, 0.3) is 0 Å². The molecule has 0 aliphatic heterocycles. The van der Waals surface area contributed by atoms with Gasteiger partial charge >= 0.3 is 11.9 Å². The third-order valence-electron chi connectivity index (χ3n) is 4.77. The van der Waals surface area contributed by atoms with Gasteiger partial charge in [-0.2, -0.15) is 0 Å². The lowest BCUT2D eigenvalue weighted by Gasteiger charge is -2.11. The second-order valence-electron chi connectivity index (χ2n) is 7.63. The summed E-state index contributed by atoms with van der Waals surface area (Å²) in [5.74, 6) is -0.587. The zero-order valence-electron chi connectivity index (χ0n) is 19.5. The molecule has 0 radical (unpaired) electrons. The zero-order chi connectivity index (χ0) is 23.8. The molecular formula is C24H31NO6S. The Morgan fingerprint density at radius 2 is 1.78 bits per heavy atom. The van der Waals surface area contributed by atoms with E-state index in [0.29, 0.717) is 18.6 Å². The van der Waals surface area contributed by atoms with Crippen molar-refractivity contribution >= 4 is 34.2 Å². The molecule has 1 aromatic heterocycles. The van der Waals surface area contributed by atoms with E-state index in [1.807, 2.05) is 32.0 Å². The molecule has 0 bridgehead atoms. The average molecular weight is 462 g/mol. The fourth-order valence-electron chi connectivity index (χ4n) is 3.00. The van der Waals surface area contributed by atoms with Crippen LogP contribution >= 0.6 is 11.3 Å². The maximum atomic E-state index is 12.5. The number of esters is 2. The number of rotatable bonds is 10. The largest absolute Gasteiger partial charge is 0.493 e. The van der Waals surface area contributed by atoms with Gasteiger partial charge in [-0.15, -0.1) is 11.3 Å². The Labute approximate surface area is 193 Å². The van der Waals surface area contributed by atoms with Crippen molar-refractivity contribution in [2.75, 3.05) is 18.5 Å². The van der Waals surface area contributed by atoms with Gasteiger partial charge in [-0.1, -0.05) is 12.1 Å². The van der Waals surface area contributed by atoms with Crippen LogP contribution in [-0.4, -0.2) is 37.2 Å². The second-order valence-corrected chi connectivity index (χ2v) is 8.65. The van der Waals surface area contributed by atoms with Crippen molar-refractivity contribution < 1.29 is 28.6 Å². The SMILES string of the molecule is CCOC(=O)c1c(NC(=O)CCCOc2cccc(C)c2C)sc(C(=O)OC(C)C)c1C. The summed E-state index contributed by atoms with van der Waals surface area (Å²) in [6, 6.07) is 5.85. The molecule has 0 saturated heterocycles. The molecule has 7 nitrogen and oxygen atoms in total. The molecule has 0 saturated carbocycles. The zero-order valence-corrected chi connectivity index (χ0v) is 20.3. The van der Waals surface area contributed by atoms with Crippen LogP contribution in [-0.2, 0) is 14.3 Å². The minimum atomic E-state index is -0.585. The minimum absolute atomic E-state index is 0.184. The predicted molar refractivity (Wildman–Crippen MR) is 125 cm³/mol. The number of carbonyl (C=O) groups is 3. The number of benzene rings is 1. The monoisotopic (exact) mass is 461 g/mol. The maximum Gasteiger partial charge on any atom is 0.348 e. The summed E-state index contributed by atoms with van der Waals surface area (Å²) in [5, 5.41) is 3.04. The normalized spacial score (nSPS) is 10.7. The molecule has 1 aromatic carbocycles. The Kier molecular flexibility index (Phi) is 9.26. The summed E-state index contributed by atoms with van der Waals surface area (Å²) < 4.78 is 16.2. The summed E-state index contributed by atoms with van der Waals surface area (Å²) >= 11 is 1.02. The quantitative estimate of drug-likeness (QED) is 0.386. The number of nitrogens with one attached hydrogen (secondary N) is 1. The first kappa shape index (κ1) is 25.4. The van der Waals surface area contributed by atoms with Gasteiger partial charge in [0.2, 0.25) is 5.91 Å². The molecule has 0 aliphatic rings. The number of anilines is 1. The van der Waals surface area contributed by atoms with E-state index >= 15 is 0 Å². The van der Waals surface area contributed by atoms with Crippen LogP contribution < -0.4 is 10.1 Å². The van der Waals surface area contributed by atoms with Crippen LogP contribution in [0.15, 0.2) is 18.2 Å². The summed E-state index contributed by atoms with van der Waals surface area (Å²) in [6.45, 7) is 11.4. The number of carbonyl (C=O) groups excluding carboxylic acids is 3. The van der Waals surface area contributed by atoms with E-state index in [-0.39, 0.29) is 40.5 Å². The van der Waals surface area contributed by atoms with E-state index in [1.54, 1.807) is 27.7 Å². The van der Waals surface area contributed by atoms with Crippen LogP contribution in [0.1, 0.15) is 70.3 Å². The van der Waals surface area contributed by atoms with Crippen LogP contribution in [0.2, 0.25) is 0 Å². The molecule has 0 spiro atoms. The summed E-state index contributed by atoms with van der Waals surface area (Å²) in [6.07, 6.45) is 0.404. The Bertz CT molecular complexity index is 979. The van der Waals surface area contributed by atoms with Crippen molar-refractivity contribution in [3.05, 3.63) is 45.3 Å². The topological polar surface area (TPSA) is 90.9 Å². The first-order valence-electron chi connectivity index (χ1n) is 10.7. The van der Waals surface area contributed by atoms with E-state index in [9.17, 15) is 14.4 Å². The lowest BCUT2D eigenvalue weighted by Crippen LogP contribution is -2.15. The van der Waals surface area contributed by atoms with Gasteiger partial charge in [0, 0.05) is 6.42 Å². The Morgan fingerprint density at radius 3 is 2.44 bits per heavy atom. The summed E-state index contributed by atoms with van der Waals surface area (Å²) in [7, 11) is 0. The molecular weight excluding hydrogens is 430 g/mol. The smallest absolute Gasteiger partial charge is 0.348 e. The van der Waals surface area contributed by atoms with Crippen molar-refractivity contribution in [1.82, 2.24) is 0 Å². The van der Waals surface area contributed by atoms with Crippen LogP contribution in [0.3, 0.4) is 0 Å². The molecule has 2 rings (SSSR count). The highest BCUT2D eigenvalue weighted by molar-refractivity contribution is 7.18. The standard InChI is InChI=1S/C24H31NO6S/c1-7-29-23(27)20-17(6)21(24(28)31-14(2)3)32-22(20)25-19(26)12-9-13-30-18-11-8-10-15(4)16(18)5/h8,10-11,14H,7,9,12-13H2,1-6H3,(H,25,26). The predicted octanol–water partition coefficient (Wildman–Crippen LogP) is 5.21. The van der Waals surface area contributed by atoms with Crippen molar-refractivity contribution in [2.45, 2.75) is 60.5 Å². The number of amides is 1. The highest BCUT2D eigenvalue weighted by Gasteiger charge is 2.27. The van der Waals surface area contributed by atoms with Crippen molar-refractivity contribution in [2.24, 2.45) is 0 Å². The van der Waals surface area contributed by atoms with Crippen LogP contribution in [0.25, 0.3) is 0 Å². The Morgan fingerprint density at radius 1 is 1.06 bits per heavy atom. The van der Waals surface area contributed by atoms with E-state index in [2.05, 4.69) is 5.32 Å². The highest BCUT2D eigenvalue weighted by Crippen LogP contribution is 2.34. The fourth-order valence-corrected chi connectivity index (χ4v) is 4.09. The van der Waals surface area contributed by atoms with E-state index in [1.165, 1.54) is 0 Å². The molecule has 32 heavy (non-hydrogen) atoms. The van der Waals surface area contributed by atoms with Gasteiger partial charge in [-0.3, -0.25) is 4.79 Å². The van der Waals surface area contributed by atoms with E-state index in [0.717, 1.165) is 28.2 Å². The molecule has 1 amide bonds.